The number of hydrogen-bond donors (Lipinski definition) is 0. The van der Waals surface area contributed by atoms with Crippen LogP contribution in [0.5, 0.6) is 0 Å². The van der Waals surface area contributed by atoms with E-state index in [1.54, 1.807) is 0 Å². The van der Waals surface area contributed by atoms with Gasteiger partial charge in [-0.15, -0.1) is 0 Å². The molecule has 3 heteroatoms. The number of hydrogen-bond acceptors (Lipinski definition) is 1. The Balaban J connectivity index is 0.00000144. The molecule has 1 aromatic heterocycles. The Bertz CT molecular complexity index is 497. The van der Waals surface area contributed by atoms with Gasteiger partial charge in [0.05, 0.1) is 5.56 Å². The minimum Gasteiger partial charge on any atom is -1.00 e. The molecule has 1 aromatic carbocycles. The van der Waals surface area contributed by atoms with Crippen LogP contribution in [0, 0.1) is 0 Å². The molecule has 0 amide bonds. The molecule has 0 aliphatic carbocycles. The first-order chi connectivity index (χ1) is 7.75. The molecule has 2 nitrogen and oxygen atoms in total. The molecule has 0 saturated heterocycles. The molecular formula is C14H14BrNO. The van der Waals surface area contributed by atoms with E-state index in [4.69, 9.17) is 0 Å². The van der Waals surface area contributed by atoms with Crippen LogP contribution in [-0.2, 0) is 13.5 Å². The highest BCUT2D eigenvalue weighted by molar-refractivity contribution is 5.96. The van der Waals surface area contributed by atoms with Gasteiger partial charge < -0.3 is 17.0 Å². The summed E-state index contributed by atoms with van der Waals surface area (Å²) in [5, 5.41) is 0. The summed E-state index contributed by atoms with van der Waals surface area (Å²) in [6.07, 6.45) is 4.23. The van der Waals surface area contributed by atoms with Crippen molar-refractivity contribution >= 4 is 5.78 Å². The highest BCUT2D eigenvalue weighted by Crippen LogP contribution is 2.05. The molecular weight excluding hydrogens is 278 g/mol. The highest BCUT2D eigenvalue weighted by Gasteiger charge is 2.09. The molecule has 0 saturated carbocycles. The van der Waals surface area contributed by atoms with Crippen LogP contribution < -0.4 is 21.5 Å². The van der Waals surface area contributed by atoms with Crippen molar-refractivity contribution in [3.8, 4) is 0 Å². The molecule has 0 fully saturated rings. The van der Waals surface area contributed by atoms with E-state index in [1.165, 1.54) is 0 Å². The van der Waals surface area contributed by atoms with Crippen molar-refractivity contribution in [1.29, 1.82) is 0 Å². The predicted molar refractivity (Wildman–Crippen MR) is 62.1 cm³/mol. The molecule has 0 radical (unpaired) electrons. The molecule has 0 aliphatic heterocycles. The van der Waals surface area contributed by atoms with E-state index in [0.717, 1.165) is 11.1 Å². The summed E-state index contributed by atoms with van der Waals surface area (Å²) in [5.41, 5.74) is 1.81. The SMILES string of the molecule is C[n+]1cccc(C(=O)Cc2ccccc2)c1.[Br-]. The number of benzene rings is 1. The first kappa shape index (κ1) is 13.6. The lowest BCUT2D eigenvalue weighted by Gasteiger charge is -1.99. The van der Waals surface area contributed by atoms with Gasteiger partial charge in [-0.05, 0) is 11.6 Å². The van der Waals surface area contributed by atoms with Crippen LogP contribution in [-0.4, -0.2) is 5.78 Å². The molecule has 2 aromatic rings. The van der Waals surface area contributed by atoms with E-state index in [1.807, 2.05) is 66.5 Å². The number of aryl methyl sites for hydroxylation is 1. The van der Waals surface area contributed by atoms with Gasteiger partial charge in [-0.3, -0.25) is 4.79 Å². The zero-order valence-electron chi connectivity index (χ0n) is 9.64. The number of carbonyl (C=O) groups excluding carboxylic acids is 1. The highest BCUT2D eigenvalue weighted by atomic mass is 79.9. The van der Waals surface area contributed by atoms with Gasteiger partial charge in [-0.25, -0.2) is 4.57 Å². The van der Waals surface area contributed by atoms with Crippen molar-refractivity contribution in [1.82, 2.24) is 0 Å². The van der Waals surface area contributed by atoms with Crippen LogP contribution in [0.25, 0.3) is 0 Å². The number of nitrogens with zero attached hydrogens (tertiary/aromatic N) is 1. The third-order valence-electron chi connectivity index (χ3n) is 2.47. The van der Waals surface area contributed by atoms with Gasteiger partial charge >= 0.3 is 0 Å². The summed E-state index contributed by atoms with van der Waals surface area (Å²) in [6.45, 7) is 0. The van der Waals surface area contributed by atoms with Crippen molar-refractivity contribution in [3.05, 3.63) is 66.0 Å². The first-order valence-corrected chi connectivity index (χ1v) is 5.28. The number of pyridine rings is 1. The number of ketones is 1. The van der Waals surface area contributed by atoms with Crippen molar-refractivity contribution in [2.45, 2.75) is 6.42 Å². The maximum absolute atomic E-state index is 12.0. The van der Waals surface area contributed by atoms with E-state index in [0.29, 0.717) is 6.42 Å². The predicted octanol–water partition coefficient (Wildman–Crippen LogP) is -1.06. The number of Topliss-reactive ketones (excluding diaryl/α,β-unsaturated/α-hetero) is 1. The fourth-order valence-corrected chi connectivity index (χ4v) is 1.64. The maximum atomic E-state index is 12.0. The van der Waals surface area contributed by atoms with Crippen LogP contribution in [0.4, 0.5) is 0 Å². The second kappa shape index (κ2) is 6.30. The lowest BCUT2D eigenvalue weighted by molar-refractivity contribution is -0.671. The molecule has 0 unspecified atom stereocenters. The lowest BCUT2D eigenvalue weighted by atomic mass is 10.0. The molecule has 88 valence electrons. The molecule has 2 rings (SSSR count). The Morgan fingerprint density at radius 1 is 1.12 bits per heavy atom. The van der Waals surface area contributed by atoms with Crippen molar-refractivity contribution in [2.75, 3.05) is 0 Å². The topological polar surface area (TPSA) is 20.9 Å². The van der Waals surface area contributed by atoms with Gasteiger partial charge in [0.15, 0.2) is 18.2 Å². The van der Waals surface area contributed by atoms with E-state index in [9.17, 15) is 4.79 Å². The fraction of sp³-hybridized carbons (Fsp3) is 0.143. The smallest absolute Gasteiger partial charge is 0.179 e. The molecule has 0 N–H and O–H groups in total. The Morgan fingerprint density at radius 3 is 2.47 bits per heavy atom. The summed E-state index contributed by atoms with van der Waals surface area (Å²) in [6, 6.07) is 13.5. The number of aromatic nitrogens is 1. The van der Waals surface area contributed by atoms with Gasteiger partial charge in [0.25, 0.3) is 0 Å². The van der Waals surface area contributed by atoms with E-state index in [2.05, 4.69) is 0 Å². The molecule has 1 heterocycles. The molecule has 0 spiro atoms. The van der Waals surface area contributed by atoms with Gasteiger partial charge in [0.2, 0.25) is 0 Å². The fourth-order valence-electron chi connectivity index (χ4n) is 1.64. The standard InChI is InChI=1S/C14H14NO.BrH/c1-15-9-5-8-13(11-15)14(16)10-12-6-3-2-4-7-12;/h2-9,11H,10H2,1H3;1H/q+1;/p-1. The summed E-state index contributed by atoms with van der Waals surface area (Å²) in [4.78, 5) is 12.0. The van der Waals surface area contributed by atoms with Crippen LogP contribution in [0.15, 0.2) is 54.9 Å². The second-order valence-corrected chi connectivity index (χ2v) is 3.84. The number of rotatable bonds is 3. The summed E-state index contributed by atoms with van der Waals surface area (Å²) in [7, 11) is 1.92. The summed E-state index contributed by atoms with van der Waals surface area (Å²) in [5.74, 6) is 0.155. The normalized spacial score (nSPS) is 9.47. The van der Waals surface area contributed by atoms with E-state index < -0.39 is 0 Å². The van der Waals surface area contributed by atoms with Gasteiger partial charge in [0.1, 0.15) is 7.05 Å². The van der Waals surface area contributed by atoms with E-state index in [-0.39, 0.29) is 22.8 Å². The Kier molecular flexibility index (Phi) is 5.04. The third kappa shape index (κ3) is 3.79. The Morgan fingerprint density at radius 2 is 1.82 bits per heavy atom. The van der Waals surface area contributed by atoms with Gasteiger partial charge in [-0.2, -0.15) is 0 Å². The van der Waals surface area contributed by atoms with Gasteiger partial charge in [0, 0.05) is 12.5 Å². The lowest BCUT2D eigenvalue weighted by Crippen LogP contribution is -3.00. The van der Waals surface area contributed by atoms with Crippen molar-refractivity contribution in [3.63, 3.8) is 0 Å². The van der Waals surface area contributed by atoms with Crippen molar-refractivity contribution < 1.29 is 26.3 Å². The van der Waals surface area contributed by atoms with Crippen molar-refractivity contribution in [2.24, 2.45) is 7.05 Å². The minimum absolute atomic E-state index is 0. The Labute approximate surface area is 112 Å². The number of carbonyl (C=O) groups is 1. The average Bonchev–Trinajstić information content (AvgIpc) is 2.30. The number of halogens is 1. The summed E-state index contributed by atoms with van der Waals surface area (Å²) >= 11 is 0. The Hall–Kier alpha value is -1.48. The largest absolute Gasteiger partial charge is 1.00 e. The average molecular weight is 292 g/mol. The van der Waals surface area contributed by atoms with Crippen LogP contribution in [0.2, 0.25) is 0 Å². The molecule has 0 aliphatic rings. The zero-order valence-corrected chi connectivity index (χ0v) is 11.2. The summed E-state index contributed by atoms with van der Waals surface area (Å²) < 4.78 is 1.89. The quantitative estimate of drug-likeness (QED) is 0.522. The third-order valence-corrected chi connectivity index (χ3v) is 2.47. The maximum Gasteiger partial charge on any atom is 0.179 e. The van der Waals surface area contributed by atoms with Crippen LogP contribution in [0.1, 0.15) is 15.9 Å². The first-order valence-electron chi connectivity index (χ1n) is 5.28. The molecule has 0 atom stereocenters. The monoisotopic (exact) mass is 291 g/mol. The zero-order chi connectivity index (χ0) is 11.4. The van der Waals surface area contributed by atoms with Crippen LogP contribution >= 0.6 is 0 Å². The second-order valence-electron chi connectivity index (χ2n) is 3.84. The minimum atomic E-state index is 0. The van der Waals surface area contributed by atoms with Crippen LogP contribution in [0.3, 0.4) is 0 Å². The van der Waals surface area contributed by atoms with E-state index >= 15 is 0 Å². The van der Waals surface area contributed by atoms with Gasteiger partial charge in [-0.1, -0.05) is 30.3 Å². The molecule has 0 bridgehead atoms. The molecule has 17 heavy (non-hydrogen) atoms.